The Morgan fingerprint density at radius 1 is 1.11 bits per heavy atom. The predicted molar refractivity (Wildman–Crippen MR) is 109 cm³/mol. The maximum Gasteiger partial charge on any atom is 0.269 e. The molecule has 0 aromatic heterocycles. The second-order valence-electron chi connectivity index (χ2n) is 6.29. The van der Waals surface area contributed by atoms with E-state index in [4.69, 9.17) is 0 Å². The number of rotatable bonds is 5. The minimum absolute atomic E-state index is 0.0485. The van der Waals surface area contributed by atoms with Crippen LogP contribution in [0.15, 0.2) is 71.7 Å². The van der Waals surface area contributed by atoms with E-state index in [1.165, 1.54) is 22.4 Å². The molecule has 0 aliphatic carbocycles. The van der Waals surface area contributed by atoms with Crippen LogP contribution < -0.4 is 10.6 Å². The first-order valence-corrected chi connectivity index (χ1v) is 8.76. The average Bonchev–Trinajstić information content (AvgIpc) is 2.70. The van der Waals surface area contributed by atoms with Crippen LogP contribution in [-0.2, 0) is 6.54 Å². The van der Waals surface area contributed by atoms with Crippen LogP contribution in [0.1, 0.15) is 24.1 Å². The van der Waals surface area contributed by atoms with Crippen LogP contribution in [0, 0.1) is 10.1 Å². The van der Waals surface area contributed by atoms with Gasteiger partial charge in [-0.05, 0) is 28.8 Å². The molecule has 3 rings (SSSR count). The Morgan fingerprint density at radius 3 is 2.63 bits per heavy atom. The Hall–Kier alpha value is -3.41. The molecule has 0 radical (unpaired) electrons. The fourth-order valence-corrected chi connectivity index (χ4v) is 3.07. The monoisotopic (exact) mass is 362 g/mol. The molecule has 6 heteroatoms. The maximum atomic E-state index is 10.9. The van der Waals surface area contributed by atoms with Gasteiger partial charge in [0.1, 0.15) is 0 Å². The zero-order chi connectivity index (χ0) is 19.2. The molecule has 1 atom stereocenters. The van der Waals surface area contributed by atoms with Crippen molar-refractivity contribution in [3.8, 4) is 0 Å². The van der Waals surface area contributed by atoms with Gasteiger partial charge in [-0.3, -0.25) is 15.1 Å². The van der Waals surface area contributed by atoms with Gasteiger partial charge in [-0.2, -0.15) is 0 Å². The SMILES string of the molecule is CN=C(NCc1cccc([N+](=O)[O-])c1)NC(C)c1cccc2ccccc12. The second kappa shape index (κ2) is 8.31. The highest BCUT2D eigenvalue weighted by Gasteiger charge is 2.11. The number of non-ortho nitro benzene ring substituents is 1. The highest BCUT2D eigenvalue weighted by Crippen LogP contribution is 2.24. The largest absolute Gasteiger partial charge is 0.352 e. The van der Waals surface area contributed by atoms with Crippen LogP contribution in [0.25, 0.3) is 10.8 Å². The van der Waals surface area contributed by atoms with Crippen LogP contribution in [-0.4, -0.2) is 17.9 Å². The van der Waals surface area contributed by atoms with Gasteiger partial charge >= 0.3 is 0 Å². The number of fused-ring (bicyclic) bond motifs is 1. The van der Waals surface area contributed by atoms with Crippen LogP contribution in [0.3, 0.4) is 0 Å². The van der Waals surface area contributed by atoms with Crippen molar-refractivity contribution in [1.29, 1.82) is 0 Å². The van der Waals surface area contributed by atoms with Crippen LogP contribution >= 0.6 is 0 Å². The van der Waals surface area contributed by atoms with Gasteiger partial charge in [-0.15, -0.1) is 0 Å². The summed E-state index contributed by atoms with van der Waals surface area (Å²) in [5.41, 5.74) is 2.10. The molecule has 0 aliphatic rings. The molecule has 138 valence electrons. The van der Waals surface area contributed by atoms with E-state index in [1.807, 2.05) is 18.2 Å². The predicted octanol–water partition coefficient (Wildman–Crippen LogP) is 4.17. The minimum atomic E-state index is -0.390. The van der Waals surface area contributed by atoms with Gasteiger partial charge in [0.2, 0.25) is 0 Å². The third-order valence-electron chi connectivity index (χ3n) is 4.45. The normalized spacial score (nSPS) is 12.6. The topological polar surface area (TPSA) is 79.6 Å². The number of aliphatic imine (C=N–C) groups is 1. The van der Waals surface area contributed by atoms with Crippen molar-refractivity contribution in [3.63, 3.8) is 0 Å². The lowest BCUT2D eigenvalue weighted by Gasteiger charge is -2.20. The lowest BCUT2D eigenvalue weighted by atomic mass is 10.00. The fraction of sp³-hybridized carbons (Fsp3) is 0.190. The highest BCUT2D eigenvalue weighted by molar-refractivity contribution is 5.87. The molecule has 0 bridgehead atoms. The lowest BCUT2D eigenvalue weighted by Crippen LogP contribution is -2.38. The van der Waals surface area contributed by atoms with Gasteiger partial charge in [0, 0.05) is 25.7 Å². The zero-order valence-corrected chi connectivity index (χ0v) is 15.3. The number of hydrogen-bond donors (Lipinski definition) is 2. The smallest absolute Gasteiger partial charge is 0.269 e. The number of guanidine groups is 1. The summed E-state index contributed by atoms with van der Waals surface area (Å²) in [5.74, 6) is 0.641. The molecule has 0 amide bonds. The van der Waals surface area contributed by atoms with Crippen molar-refractivity contribution in [2.24, 2.45) is 4.99 Å². The summed E-state index contributed by atoms with van der Waals surface area (Å²) in [6.07, 6.45) is 0. The first-order chi connectivity index (χ1) is 13.1. The average molecular weight is 362 g/mol. The van der Waals surface area contributed by atoms with Crippen molar-refractivity contribution in [2.45, 2.75) is 19.5 Å². The van der Waals surface area contributed by atoms with Crippen molar-refractivity contribution in [1.82, 2.24) is 10.6 Å². The van der Waals surface area contributed by atoms with Crippen molar-refractivity contribution in [3.05, 3.63) is 88.0 Å². The Kier molecular flexibility index (Phi) is 5.66. The third-order valence-corrected chi connectivity index (χ3v) is 4.45. The first kappa shape index (κ1) is 18.4. The minimum Gasteiger partial charge on any atom is -0.352 e. The van der Waals surface area contributed by atoms with Gasteiger partial charge in [-0.1, -0.05) is 54.6 Å². The highest BCUT2D eigenvalue weighted by atomic mass is 16.6. The number of nitro benzene ring substituents is 1. The van der Waals surface area contributed by atoms with Gasteiger partial charge in [-0.25, -0.2) is 0 Å². The summed E-state index contributed by atoms with van der Waals surface area (Å²) in [6.45, 7) is 2.53. The molecule has 0 saturated carbocycles. The Labute approximate surface area is 158 Å². The Morgan fingerprint density at radius 2 is 1.85 bits per heavy atom. The van der Waals surface area contributed by atoms with E-state index in [9.17, 15) is 10.1 Å². The van der Waals surface area contributed by atoms with E-state index in [0.29, 0.717) is 12.5 Å². The van der Waals surface area contributed by atoms with Crippen LogP contribution in [0.2, 0.25) is 0 Å². The molecule has 3 aromatic rings. The number of nitro groups is 1. The Bertz CT molecular complexity index is 979. The third kappa shape index (κ3) is 4.41. The Balaban J connectivity index is 1.70. The van der Waals surface area contributed by atoms with E-state index < -0.39 is 0 Å². The van der Waals surface area contributed by atoms with Gasteiger partial charge in [0.05, 0.1) is 11.0 Å². The van der Waals surface area contributed by atoms with Gasteiger partial charge in [0.15, 0.2) is 5.96 Å². The summed E-state index contributed by atoms with van der Waals surface area (Å²) in [6, 6.07) is 21.2. The molecular formula is C21H22N4O2. The van der Waals surface area contributed by atoms with E-state index >= 15 is 0 Å². The molecular weight excluding hydrogens is 340 g/mol. The number of nitrogens with one attached hydrogen (secondary N) is 2. The number of hydrogen-bond acceptors (Lipinski definition) is 3. The summed E-state index contributed by atoms with van der Waals surface area (Å²) >= 11 is 0. The van der Waals surface area contributed by atoms with E-state index in [1.54, 1.807) is 19.2 Å². The first-order valence-electron chi connectivity index (χ1n) is 8.76. The molecule has 0 fully saturated rings. The maximum absolute atomic E-state index is 10.9. The van der Waals surface area contributed by atoms with E-state index in [-0.39, 0.29) is 16.7 Å². The molecule has 27 heavy (non-hydrogen) atoms. The fourth-order valence-electron chi connectivity index (χ4n) is 3.07. The molecule has 0 aliphatic heterocycles. The van der Waals surface area contributed by atoms with Crippen LogP contribution in [0.4, 0.5) is 5.69 Å². The molecule has 0 spiro atoms. The summed E-state index contributed by atoms with van der Waals surface area (Å²) in [4.78, 5) is 14.8. The molecule has 1 unspecified atom stereocenters. The molecule has 0 saturated heterocycles. The quantitative estimate of drug-likeness (QED) is 0.309. The van der Waals surface area contributed by atoms with E-state index in [0.717, 1.165) is 5.56 Å². The molecule has 6 nitrogen and oxygen atoms in total. The standard InChI is InChI=1S/C21H22N4O2/c1-15(19-12-6-9-17-8-3-4-11-20(17)19)24-21(22-2)23-14-16-7-5-10-18(13-16)25(26)27/h3-13,15H,14H2,1-2H3,(H2,22,23,24). The number of nitrogens with zero attached hydrogens (tertiary/aromatic N) is 2. The second-order valence-corrected chi connectivity index (χ2v) is 6.29. The zero-order valence-electron chi connectivity index (χ0n) is 15.3. The summed E-state index contributed by atoms with van der Waals surface area (Å²) < 4.78 is 0. The van der Waals surface area contributed by atoms with Crippen molar-refractivity contribution < 1.29 is 4.92 Å². The van der Waals surface area contributed by atoms with E-state index in [2.05, 4.69) is 52.9 Å². The summed E-state index contributed by atoms with van der Waals surface area (Å²) in [5, 5.41) is 19.9. The molecule has 3 aromatic carbocycles. The lowest BCUT2D eigenvalue weighted by molar-refractivity contribution is -0.384. The molecule has 2 N–H and O–H groups in total. The van der Waals surface area contributed by atoms with Gasteiger partial charge in [0.25, 0.3) is 5.69 Å². The number of benzene rings is 3. The van der Waals surface area contributed by atoms with Crippen molar-refractivity contribution in [2.75, 3.05) is 7.05 Å². The van der Waals surface area contributed by atoms with Crippen LogP contribution in [0.5, 0.6) is 0 Å². The summed E-state index contributed by atoms with van der Waals surface area (Å²) in [7, 11) is 1.71. The van der Waals surface area contributed by atoms with Gasteiger partial charge < -0.3 is 10.6 Å². The van der Waals surface area contributed by atoms with Crippen molar-refractivity contribution >= 4 is 22.4 Å². The molecule has 0 heterocycles.